The Bertz CT molecular complexity index is 794. The molecule has 2 heterocycles. The van der Waals surface area contributed by atoms with E-state index in [1.54, 1.807) is 0 Å². The molecule has 0 aliphatic carbocycles. The SMILES string of the molecule is Cc1c(CNC(CN2CCCC2=O)c2ccccc2)cc(C#N)n1C.Cl. The Morgan fingerprint density at radius 2 is 2.04 bits per heavy atom. The van der Waals surface area contributed by atoms with Gasteiger partial charge in [-0.1, -0.05) is 30.3 Å². The Morgan fingerprint density at radius 1 is 1.31 bits per heavy atom. The molecule has 1 aromatic heterocycles. The molecule has 138 valence electrons. The molecule has 1 fully saturated rings. The molecule has 1 atom stereocenters. The van der Waals surface area contributed by atoms with Gasteiger partial charge in [0.15, 0.2) is 0 Å². The lowest BCUT2D eigenvalue weighted by atomic mass is 10.1. The van der Waals surface area contributed by atoms with Gasteiger partial charge in [0.2, 0.25) is 5.91 Å². The number of benzene rings is 1. The fraction of sp³-hybridized carbons (Fsp3) is 0.400. The molecule has 1 aromatic carbocycles. The van der Waals surface area contributed by atoms with Gasteiger partial charge in [-0.3, -0.25) is 4.79 Å². The van der Waals surface area contributed by atoms with Gasteiger partial charge >= 0.3 is 0 Å². The standard InChI is InChI=1S/C20H24N4O.ClH/c1-15-17(11-18(12-21)23(15)2)13-22-19(16-7-4-3-5-8-16)14-24-10-6-9-20(24)25;/h3-5,7-8,11,19,22H,6,9-10,13-14H2,1-2H3;1H. The molecular formula is C20H25ClN4O. The van der Waals surface area contributed by atoms with Crippen LogP contribution >= 0.6 is 12.4 Å². The van der Waals surface area contributed by atoms with E-state index < -0.39 is 0 Å². The first-order valence-corrected chi connectivity index (χ1v) is 8.71. The first-order chi connectivity index (χ1) is 12.1. The molecule has 0 saturated carbocycles. The molecule has 26 heavy (non-hydrogen) atoms. The van der Waals surface area contributed by atoms with E-state index in [2.05, 4.69) is 23.5 Å². The topological polar surface area (TPSA) is 61.1 Å². The number of carbonyl (C=O) groups excluding carboxylic acids is 1. The second kappa shape index (κ2) is 8.88. The highest BCUT2D eigenvalue weighted by Crippen LogP contribution is 2.20. The van der Waals surface area contributed by atoms with E-state index in [1.165, 1.54) is 5.56 Å². The van der Waals surface area contributed by atoms with Crippen LogP contribution in [-0.2, 0) is 18.4 Å². The van der Waals surface area contributed by atoms with Gasteiger partial charge in [0, 0.05) is 38.8 Å². The van der Waals surface area contributed by atoms with E-state index in [9.17, 15) is 10.1 Å². The average Bonchev–Trinajstić information content (AvgIpc) is 3.16. The molecule has 1 aliphatic rings. The van der Waals surface area contributed by atoms with Crippen molar-refractivity contribution in [2.45, 2.75) is 32.4 Å². The molecule has 1 aliphatic heterocycles. The number of hydrogen-bond acceptors (Lipinski definition) is 3. The van der Waals surface area contributed by atoms with Gasteiger partial charge in [-0.25, -0.2) is 0 Å². The van der Waals surface area contributed by atoms with Gasteiger partial charge in [0.05, 0.1) is 6.04 Å². The van der Waals surface area contributed by atoms with Crippen molar-refractivity contribution < 1.29 is 4.79 Å². The van der Waals surface area contributed by atoms with Crippen molar-refractivity contribution in [1.82, 2.24) is 14.8 Å². The van der Waals surface area contributed by atoms with Crippen molar-refractivity contribution in [1.29, 1.82) is 5.26 Å². The summed E-state index contributed by atoms with van der Waals surface area (Å²) in [5.41, 5.74) is 4.05. The molecule has 0 bridgehead atoms. The van der Waals surface area contributed by atoms with Crippen LogP contribution in [-0.4, -0.2) is 28.5 Å². The molecule has 3 rings (SSSR count). The monoisotopic (exact) mass is 372 g/mol. The fourth-order valence-corrected chi connectivity index (χ4v) is 3.37. The highest BCUT2D eigenvalue weighted by molar-refractivity contribution is 5.85. The number of nitrogens with one attached hydrogen (secondary N) is 1. The summed E-state index contributed by atoms with van der Waals surface area (Å²) < 4.78 is 1.92. The van der Waals surface area contributed by atoms with E-state index in [-0.39, 0.29) is 24.4 Å². The number of hydrogen-bond donors (Lipinski definition) is 1. The Labute approximate surface area is 161 Å². The smallest absolute Gasteiger partial charge is 0.222 e. The summed E-state index contributed by atoms with van der Waals surface area (Å²) in [7, 11) is 1.91. The van der Waals surface area contributed by atoms with Crippen LogP contribution in [0.5, 0.6) is 0 Å². The maximum atomic E-state index is 12.0. The van der Waals surface area contributed by atoms with Crippen LogP contribution < -0.4 is 5.32 Å². The molecular weight excluding hydrogens is 348 g/mol. The first kappa shape index (κ1) is 20.0. The van der Waals surface area contributed by atoms with Crippen molar-refractivity contribution in [3.05, 3.63) is 58.9 Å². The summed E-state index contributed by atoms with van der Waals surface area (Å²) in [6, 6.07) is 14.5. The predicted molar refractivity (Wildman–Crippen MR) is 104 cm³/mol. The summed E-state index contributed by atoms with van der Waals surface area (Å²) in [5, 5.41) is 12.8. The molecule has 0 spiro atoms. The third-order valence-electron chi connectivity index (χ3n) is 5.07. The van der Waals surface area contributed by atoms with Crippen molar-refractivity contribution >= 4 is 18.3 Å². The lowest BCUT2D eigenvalue weighted by Gasteiger charge is -2.25. The van der Waals surface area contributed by atoms with Crippen LogP contribution in [0, 0.1) is 18.3 Å². The maximum Gasteiger partial charge on any atom is 0.222 e. The third kappa shape index (κ3) is 4.27. The highest BCUT2D eigenvalue weighted by Gasteiger charge is 2.24. The molecule has 1 amide bonds. The Hall–Kier alpha value is -2.29. The molecule has 6 heteroatoms. The molecule has 1 N–H and O–H groups in total. The predicted octanol–water partition coefficient (Wildman–Crippen LogP) is 3.08. The van der Waals surface area contributed by atoms with Crippen LogP contribution in [0.3, 0.4) is 0 Å². The number of aromatic nitrogens is 1. The lowest BCUT2D eigenvalue weighted by Crippen LogP contribution is -2.35. The van der Waals surface area contributed by atoms with Crippen molar-refractivity contribution in [3.63, 3.8) is 0 Å². The van der Waals surface area contributed by atoms with Crippen molar-refractivity contribution in [2.75, 3.05) is 13.1 Å². The number of halogens is 1. The van der Waals surface area contributed by atoms with E-state index >= 15 is 0 Å². The normalized spacial score (nSPS) is 14.8. The Morgan fingerprint density at radius 3 is 2.62 bits per heavy atom. The van der Waals surface area contributed by atoms with E-state index in [1.807, 2.05) is 47.7 Å². The number of likely N-dealkylation sites (tertiary alicyclic amines) is 1. The van der Waals surface area contributed by atoms with Gasteiger partial charge < -0.3 is 14.8 Å². The zero-order valence-corrected chi connectivity index (χ0v) is 16.1. The minimum absolute atomic E-state index is 0. The summed E-state index contributed by atoms with van der Waals surface area (Å²) in [4.78, 5) is 14.0. The second-order valence-electron chi connectivity index (χ2n) is 6.60. The Balaban J connectivity index is 0.00000243. The minimum atomic E-state index is 0. The van der Waals surface area contributed by atoms with Crippen molar-refractivity contribution in [3.8, 4) is 6.07 Å². The highest BCUT2D eigenvalue weighted by atomic mass is 35.5. The van der Waals surface area contributed by atoms with Crippen LogP contribution in [0.4, 0.5) is 0 Å². The summed E-state index contributed by atoms with van der Waals surface area (Å²) in [6.45, 7) is 4.22. The van der Waals surface area contributed by atoms with Gasteiger partial charge in [-0.15, -0.1) is 12.4 Å². The first-order valence-electron chi connectivity index (χ1n) is 8.71. The van der Waals surface area contributed by atoms with E-state index in [0.29, 0.717) is 25.2 Å². The van der Waals surface area contributed by atoms with Gasteiger partial charge in [-0.2, -0.15) is 5.26 Å². The zero-order valence-electron chi connectivity index (χ0n) is 15.2. The molecule has 1 saturated heterocycles. The number of rotatable bonds is 6. The van der Waals surface area contributed by atoms with Gasteiger partial charge in [0.25, 0.3) is 0 Å². The quantitative estimate of drug-likeness (QED) is 0.847. The Kier molecular flexibility index (Phi) is 6.84. The van der Waals surface area contributed by atoms with Gasteiger partial charge in [0.1, 0.15) is 11.8 Å². The summed E-state index contributed by atoms with van der Waals surface area (Å²) >= 11 is 0. The molecule has 2 aromatic rings. The van der Waals surface area contributed by atoms with Crippen LogP contribution in [0.25, 0.3) is 0 Å². The summed E-state index contributed by atoms with van der Waals surface area (Å²) in [5.74, 6) is 0.241. The lowest BCUT2D eigenvalue weighted by molar-refractivity contribution is -0.128. The van der Waals surface area contributed by atoms with Crippen LogP contribution in [0.15, 0.2) is 36.4 Å². The largest absolute Gasteiger partial charge is 0.341 e. The third-order valence-corrected chi connectivity index (χ3v) is 5.07. The average molecular weight is 373 g/mol. The van der Waals surface area contributed by atoms with Crippen molar-refractivity contribution in [2.24, 2.45) is 7.05 Å². The number of nitrogens with zero attached hydrogens (tertiary/aromatic N) is 3. The fourth-order valence-electron chi connectivity index (χ4n) is 3.37. The number of carbonyl (C=O) groups is 1. The van der Waals surface area contributed by atoms with E-state index in [4.69, 9.17) is 0 Å². The minimum Gasteiger partial charge on any atom is -0.341 e. The number of nitriles is 1. The molecule has 0 radical (unpaired) electrons. The van der Waals surface area contributed by atoms with Crippen LogP contribution in [0.2, 0.25) is 0 Å². The molecule has 1 unspecified atom stereocenters. The van der Waals surface area contributed by atoms with E-state index in [0.717, 1.165) is 24.2 Å². The zero-order chi connectivity index (χ0) is 17.8. The second-order valence-corrected chi connectivity index (χ2v) is 6.60. The van der Waals surface area contributed by atoms with Crippen LogP contribution in [0.1, 0.15) is 41.4 Å². The van der Waals surface area contributed by atoms with Gasteiger partial charge in [-0.05, 0) is 30.5 Å². The maximum absolute atomic E-state index is 12.0. The molecule has 5 nitrogen and oxygen atoms in total. The summed E-state index contributed by atoms with van der Waals surface area (Å²) in [6.07, 6.45) is 1.61. The number of amides is 1.